The summed E-state index contributed by atoms with van der Waals surface area (Å²) in [4.78, 5) is 25.1. The first kappa shape index (κ1) is 13.0. The molecule has 1 fully saturated rings. The first-order valence-electron chi connectivity index (χ1n) is 6.37. The Kier molecular flexibility index (Phi) is 2.58. The second-order valence-corrected chi connectivity index (χ2v) is 5.95. The fraction of sp³-hybridized carbons (Fsp3) is 0.125. The molecule has 0 unspecified atom stereocenters. The van der Waals surface area contributed by atoms with Crippen LogP contribution in [0.4, 0.5) is 0 Å². The maximum Gasteiger partial charge on any atom is 0.224 e. The molecule has 0 saturated carbocycles. The third-order valence-corrected chi connectivity index (χ3v) is 4.51. The molecule has 2 aromatic rings. The van der Waals surface area contributed by atoms with E-state index in [1.54, 1.807) is 42.5 Å². The maximum atomic E-state index is 12.5. The number of hydrogen-bond acceptors (Lipinski definition) is 3. The molecule has 2 aliphatic rings. The molecule has 1 heterocycles. The van der Waals surface area contributed by atoms with Crippen molar-refractivity contribution < 1.29 is 14.3 Å². The third-order valence-electron chi connectivity index (χ3n) is 3.95. The largest absolute Gasteiger partial charge is 0.344 e. The van der Waals surface area contributed by atoms with E-state index in [1.165, 1.54) is 0 Å². The molecule has 0 radical (unpaired) electrons. The maximum absolute atomic E-state index is 12.5. The summed E-state index contributed by atoms with van der Waals surface area (Å²) >= 11 is 12.0. The van der Waals surface area contributed by atoms with E-state index in [2.05, 4.69) is 0 Å². The molecule has 104 valence electrons. The molecule has 0 N–H and O–H groups in total. The Morgan fingerprint density at radius 2 is 1.57 bits per heavy atom. The molecule has 1 saturated heterocycles. The number of hydrogen-bond donors (Lipinski definition) is 0. The highest BCUT2D eigenvalue weighted by atomic mass is 35.5. The third kappa shape index (κ3) is 1.59. The van der Waals surface area contributed by atoms with Crippen LogP contribution in [0.3, 0.4) is 0 Å². The summed E-state index contributed by atoms with van der Waals surface area (Å²) in [5, 5.41) is 0.881. The van der Waals surface area contributed by atoms with Gasteiger partial charge in [-0.25, -0.2) is 0 Å². The molecule has 0 aromatic heterocycles. The van der Waals surface area contributed by atoms with Crippen LogP contribution in [-0.4, -0.2) is 17.2 Å². The number of epoxide rings is 1. The first-order chi connectivity index (χ1) is 10.1. The standard InChI is InChI=1S/C16H8Cl2O3/c17-8-5-6-11(12(18)7-8)15-16(21-15)13(19)9-3-1-2-4-10(9)14(16)20/h1-7,15H/t15-/m0/s1. The fourth-order valence-electron chi connectivity index (χ4n) is 2.88. The molecular weight excluding hydrogens is 311 g/mol. The van der Waals surface area contributed by atoms with Gasteiger partial charge in [0.1, 0.15) is 6.10 Å². The van der Waals surface area contributed by atoms with Gasteiger partial charge in [-0.05, 0) is 12.1 Å². The topological polar surface area (TPSA) is 46.7 Å². The number of carbonyl (C=O) groups is 2. The van der Waals surface area contributed by atoms with E-state index < -0.39 is 11.7 Å². The normalized spacial score (nSPS) is 21.7. The molecule has 1 spiro atoms. The summed E-state index contributed by atoms with van der Waals surface area (Å²) < 4.78 is 5.55. The molecule has 0 amide bonds. The Morgan fingerprint density at radius 1 is 0.952 bits per heavy atom. The Hall–Kier alpha value is -1.68. The van der Waals surface area contributed by atoms with Gasteiger partial charge in [-0.1, -0.05) is 53.5 Å². The lowest BCUT2D eigenvalue weighted by Crippen LogP contribution is -2.27. The molecule has 4 rings (SSSR count). The van der Waals surface area contributed by atoms with Crippen molar-refractivity contribution in [2.45, 2.75) is 11.7 Å². The first-order valence-corrected chi connectivity index (χ1v) is 7.12. The Bertz CT molecular complexity index is 778. The van der Waals surface area contributed by atoms with Crippen molar-refractivity contribution in [2.24, 2.45) is 0 Å². The van der Waals surface area contributed by atoms with Crippen molar-refractivity contribution in [1.29, 1.82) is 0 Å². The number of benzene rings is 2. The van der Waals surface area contributed by atoms with Gasteiger partial charge < -0.3 is 4.74 Å². The number of Topliss-reactive ketones (excluding diaryl/α,β-unsaturated/α-hetero) is 2. The van der Waals surface area contributed by atoms with Crippen molar-refractivity contribution in [3.05, 3.63) is 69.2 Å². The van der Waals surface area contributed by atoms with E-state index in [9.17, 15) is 9.59 Å². The van der Waals surface area contributed by atoms with E-state index in [4.69, 9.17) is 27.9 Å². The zero-order chi connectivity index (χ0) is 14.8. The van der Waals surface area contributed by atoms with Crippen LogP contribution >= 0.6 is 23.2 Å². The van der Waals surface area contributed by atoms with E-state index in [1.807, 2.05) is 0 Å². The van der Waals surface area contributed by atoms with Crippen molar-refractivity contribution in [2.75, 3.05) is 0 Å². The smallest absolute Gasteiger partial charge is 0.224 e. The second kappa shape index (κ2) is 4.17. The summed E-state index contributed by atoms with van der Waals surface area (Å²) in [6.45, 7) is 0. The highest BCUT2D eigenvalue weighted by Crippen LogP contribution is 2.57. The molecular formula is C16H8Cl2O3. The minimum Gasteiger partial charge on any atom is -0.344 e. The van der Waals surface area contributed by atoms with Crippen LogP contribution in [-0.2, 0) is 4.74 Å². The number of rotatable bonds is 1. The van der Waals surface area contributed by atoms with Crippen molar-refractivity contribution >= 4 is 34.8 Å². The number of fused-ring (bicyclic) bond motifs is 1. The zero-order valence-corrected chi connectivity index (χ0v) is 12.1. The predicted molar refractivity (Wildman–Crippen MR) is 78.1 cm³/mol. The van der Waals surface area contributed by atoms with E-state index in [0.717, 1.165) is 0 Å². The van der Waals surface area contributed by atoms with Crippen molar-refractivity contribution in [1.82, 2.24) is 0 Å². The van der Waals surface area contributed by atoms with E-state index in [0.29, 0.717) is 26.7 Å². The number of carbonyl (C=O) groups excluding carboxylic acids is 2. The van der Waals surface area contributed by atoms with Crippen LogP contribution in [0.25, 0.3) is 0 Å². The van der Waals surface area contributed by atoms with Gasteiger partial charge in [-0.15, -0.1) is 0 Å². The van der Waals surface area contributed by atoms with Gasteiger partial charge in [0, 0.05) is 26.7 Å². The number of halogens is 2. The van der Waals surface area contributed by atoms with Gasteiger partial charge in [-0.2, -0.15) is 0 Å². The zero-order valence-electron chi connectivity index (χ0n) is 10.6. The number of ether oxygens (including phenoxy) is 1. The highest BCUT2D eigenvalue weighted by Gasteiger charge is 2.72. The van der Waals surface area contributed by atoms with Crippen LogP contribution in [0, 0.1) is 0 Å². The van der Waals surface area contributed by atoms with E-state index in [-0.39, 0.29) is 11.6 Å². The summed E-state index contributed by atoms with van der Waals surface area (Å²) in [6.07, 6.45) is -0.644. The molecule has 1 aliphatic carbocycles. The van der Waals surface area contributed by atoms with Gasteiger partial charge in [0.15, 0.2) is 0 Å². The SMILES string of the molecule is O=C1c2ccccc2C(=O)C12O[C@H]2c1ccc(Cl)cc1Cl. The highest BCUT2D eigenvalue weighted by molar-refractivity contribution is 6.36. The summed E-state index contributed by atoms with van der Waals surface area (Å²) in [7, 11) is 0. The quantitative estimate of drug-likeness (QED) is 0.592. The van der Waals surface area contributed by atoms with Crippen LogP contribution in [0.15, 0.2) is 42.5 Å². The van der Waals surface area contributed by atoms with Crippen molar-refractivity contribution in [3.63, 3.8) is 0 Å². The summed E-state index contributed by atoms with van der Waals surface area (Å²) in [6, 6.07) is 11.7. The van der Waals surface area contributed by atoms with Crippen LogP contribution < -0.4 is 0 Å². The predicted octanol–water partition coefficient (Wildman–Crippen LogP) is 3.88. The minimum absolute atomic E-state index is 0.292. The van der Waals surface area contributed by atoms with Crippen LogP contribution in [0.5, 0.6) is 0 Å². The van der Waals surface area contributed by atoms with Crippen LogP contribution in [0.1, 0.15) is 32.4 Å². The molecule has 5 heteroatoms. The lowest BCUT2D eigenvalue weighted by Gasteiger charge is -2.03. The lowest BCUT2D eigenvalue weighted by atomic mass is 9.94. The molecule has 21 heavy (non-hydrogen) atoms. The molecule has 3 nitrogen and oxygen atoms in total. The van der Waals surface area contributed by atoms with Gasteiger partial charge in [0.05, 0.1) is 0 Å². The van der Waals surface area contributed by atoms with Gasteiger partial charge in [-0.3, -0.25) is 9.59 Å². The Balaban J connectivity index is 1.80. The molecule has 1 aliphatic heterocycles. The summed E-state index contributed by atoms with van der Waals surface area (Å²) in [5.74, 6) is -0.585. The Labute approximate surface area is 130 Å². The Morgan fingerprint density at radius 3 is 2.14 bits per heavy atom. The van der Waals surface area contributed by atoms with Gasteiger partial charge >= 0.3 is 0 Å². The van der Waals surface area contributed by atoms with Gasteiger partial charge in [0.2, 0.25) is 17.2 Å². The molecule has 0 bridgehead atoms. The minimum atomic E-state index is -1.43. The average molecular weight is 319 g/mol. The molecule has 1 atom stereocenters. The second-order valence-electron chi connectivity index (χ2n) is 5.10. The lowest BCUT2D eigenvalue weighted by molar-refractivity contribution is 0.0785. The average Bonchev–Trinajstić information content (AvgIpc) is 3.17. The molecule has 2 aromatic carbocycles. The van der Waals surface area contributed by atoms with Crippen molar-refractivity contribution in [3.8, 4) is 0 Å². The fourth-order valence-corrected chi connectivity index (χ4v) is 3.38. The monoisotopic (exact) mass is 318 g/mol. The number of ketones is 2. The van der Waals surface area contributed by atoms with E-state index >= 15 is 0 Å². The summed E-state index contributed by atoms with van der Waals surface area (Å²) in [5.41, 5.74) is 0.00184. The van der Waals surface area contributed by atoms with Gasteiger partial charge in [0.25, 0.3) is 0 Å². The van der Waals surface area contributed by atoms with Crippen LogP contribution in [0.2, 0.25) is 10.0 Å².